The lowest BCUT2D eigenvalue weighted by atomic mass is 9.78. The second kappa shape index (κ2) is 6.05. The Kier molecular flexibility index (Phi) is 4.66. The predicted molar refractivity (Wildman–Crippen MR) is 72.1 cm³/mol. The molecule has 0 spiro atoms. The topological polar surface area (TPSA) is 49.3 Å². The van der Waals surface area contributed by atoms with Crippen molar-refractivity contribution in [2.24, 2.45) is 17.8 Å². The van der Waals surface area contributed by atoms with E-state index < -0.39 is 0 Å². The zero-order valence-corrected chi connectivity index (χ0v) is 11.7. The van der Waals surface area contributed by atoms with E-state index in [1.54, 1.807) is 0 Å². The van der Waals surface area contributed by atoms with Crippen LogP contribution >= 0.6 is 0 Å². The van der Waals surface area contributed by atoms with Crippen LogP contribution in [0.4, 0.5) is 0 Å². The number of aliphatic hydroxyl groups excluding tert-OH is 1. The van der Waals surface area contributed by atoms with Crippen LogP contribution in [0.3, 0.4) is 0 Å². The van der Waals surface area contributed by atoms with Crippen molar-refractivity contribution in [1.29, 1.82) is 0 Å². The van der Waals surface area contributed by atoms with E-state index in [0.29, 0.717) is 18.3 Å². The fourth-order valence-corrected chi connectivity index (χ4v) is 3.49. The van der Waals surface area contributed by atoms with Crippen molar-refractivity contribution < 1.29 is 9.90 Å². The molecule has 1 heterocycles. The van der Waals surface area contributed by atoms with Crippen LogP contribution in [0.2, 0.25) is 0 Å². The van der Waals surface area contributed by atoms with Gasteiger partial charge < -0.3 is 10.4 Å². The van der Waals surface area contributed by atoms with Crippen LogP contribution in [-0.4, -0.2) is 23.2 Å². The summed E-state index contributed by atoms with van der Waals surface area (Å²) < 4.78 is 0. The Balaban J connectivity index is 1.88. The maximum absolute atomic E-state index is 12.0. The summed E-state index contributed by atoms with van der Waals surface area (Å²) in [5.41, 5.74) is 0. The third-order valence-electron chi connectivity index (χ3n) is 4.74. The van der Waals surface area contributed by atoms with Crippen molar-refractivity contribution in [3.63, 3.8) is 0 Å². The van der Waals surface area contributed by atoms with Gasteiger partial charge in [-0.2, -0.15) is 0 Å². The van der Waals surface area contributed by atoms with Gasteiger partial charge in [0.25, 0.3) is 0 Å². The summed E-state index contributed by atoms with van der Waals surface area (Å²) in [6.07, 6.45) is 7.78. The summed E-state index contributed by atoms with van der Waals surface area (Å²) in [6, 6.07) is -0.00407. The van der Waals surface area contributed by atoms with Crippen LogP contribution in [0, 0.1) is 17.8 Å². The van der Waals surface area contributed by atoms with Gasteiger partial charge in [-0.25, -0.2) is 0 Å². The van der Waals surface area contributed by atoms with E-state index in [1.165, 1.54) is 32.1 Å². The van der Waals surface area contributed by atoms with Gasteiger partial charge in [-0.1, -0.05) is 46.0 Å². The first-order chi connectivity index (χ1) is 8.58. The van der Waals surface area contributed by atoms with Crippen molar-refractivity contribution in [2.75, 3.05) is 0 Å². The van der Waals surface area contributed by atoms with Crippen molar-refractivity contribution in [3.05, 3.63) is 0 Å². The summed E-state index contributed by atoms with van der Waals surface area (Å²) in [6.45, 7) is 4.11. The molecule has 0 unspecified atom stereocenters. The molecule has 1 aliphatic heterocycles. The summed E-state index contributed by atoms with van der Waals surface area (Å²) in [4.78, 5) is 12.0. The SMILES string of the molecule is CC(C)[C@@H]1C[C@H](O)[C@H](CC2CCCCC2)NC1=O. The fourth-order valence-electron chi connectivity index (χ4n) is 3.49. The van der Waals surface area contributed by atoms with Crippen LogP contribution < -0.4 is 5.32 Å². The number of piperidine rings is 1. The molecule has 3 atom stereocenters. The molecule has 3 heteroatoms. The molecule has 0 aromatic heterocycles. The number of hydrogen-bond acceptors (Lipinski definition) is 2. The first-order valence-corrected chi connectivity index (χ1v) is 7.56. The van der Waals surface area contributed by atoms with Gasteiger partial charge in [-0.15, -0.1) is 0 Å². The summed E-state index contributed by atoms with van der Waals surface area (Å²) >= 11 is 0. The van der Waals surface area contributed by atoms with Gasteiger partial charge in [0, 0.05) is 5.92 Å². The maximum atomic E-state index is 12.0. The van der Waals surface area contributed by atoms with Crippen LogP contribution in [-0.2, 0) is 4.79 Å². The lowest BCUT2D eigenvalue weighted by Crippen LogP contribution is -2.54. The summed E-state index contributed by atoms with van der Waals surface area (Å²) in [5.74, 6) is 1.16. The summed E-state index contributed by atoms with van der Waals surface area (Å²) in [7, 11) is 0. The number of aliphatic hydroxyl groups is 1. The molecular formula is C15H27NO2. The molecule has 0 bridgehead atoms. The first-order valence-electron chi connectivity index (χ1n) is 7.56. The molecule has 3 nitrogen and oxygen atoms in total. The Morgan fingerprint density at radius 1 is 1.28 bits per heavy atom. The Morgan fingerprint density at radius 3 is 2.56 bits per heavy atom. The van der Waals surface area contributed by atoms with Gasteiger partial charge in [0.05, 0.1) is 12.1 Å². The lowest BCUT2D eigenvalue weighted by Gasteiger charge is -2.37. The number of amides is 1. The normalized spacial score (nSPS) is 34.7. The molecule has 18 heavy (non-hydrogen) atoms. The smallest absolute Gasteiger partial charge is 0.223 e. The Labute approximate surface area is 110 Å². The highest BCUT2D eigenvalue weighted by atomic mass is 16.3. The number of hydrogen-bond donors (Lipinski definition) is 2. The van der Waals surface area contributed by atoms with Crippen LogP contribution in [0.15, 0.2) is 0 Å². The number of rotatable bonds is 3. The minimum absolute atomic E-state index is 0.00407. The lowest BCUT2D eigenvalue weighted by molar-refractivity contribution is -0.133. The standard InChI is InChI=1S/C15H27NO2/c1-10(2)12-9-14(17)13(16-15(12)18)8-11-6-4-3-5-7-11/h10-14,17H,3-9H2,1-2H3,(H,16,18)/t12-,13-,14-/m0/s1. The van der Waals surface area contributed by atoms with E-state index in [0.717, 1.165) is 6.42 Å². The molecule has 1 amide bonds. The quantitative estimate of drug-likeness (QED) is 0.812. The average Bonchev–Trinajstić information content (AvgIpc) is 2.34. The van der Waals surface area contributed by atoms with E-state index in [-0.39, 0.29) is 24.0 Å². The molecule has 1 saturated heterocycles. The molecule has 1 aliphatic carbocycles. The van der Waals surface area contributed by atoms with Crippen molar-refractivity contribution >= 4 is 5.91 Å². The first kappa shape index (κ1) is 13.9. The number of nitrogens with one attached hydrogen (secondary N) is 1. The van der Waals surface area contributed by atoms with Crippen molar-refractivity contribution in [1.82, 2.24) is 5.32 Å². The minimum atomic E-state index is -0.350. The number of carbonyl (C=O) groups is 1. The highest BCUT2D eigenvalue weighted by Gasteiger charge is 2.36. The highest BCUT2D eigenvalue weighted by Crippen LogP contribution is 2.31. The van der Waals surface area contributed by atoms with Crippen LogP contribution in [0.5, 0.6) is 0 Å². The second-order valence-corrected chi connectivity index (χ2v) is 6.51. The van der Waals surface area contributed by atoms with Gasteiger partial charge >= 0.3 is 0 Å². The number of carbonyl (C=O) groups excluding carboxylic acids is 1. The van der Waals surface area contributed by atoms with Crippen LogP contribution in [0.1, 0.15) is 58.8 Å². The highest BCUT2D eigenvalue weighted by molar-refractivity contribution is 5.80. The van der Waals surface area contributed by atoms with E-state index in [9.17, 15) is 9.90 Å². The van der Waals surface area contributed by atoms with E-state index in [2.05, 4.69) is 19.2 Å². The third-order valence-corrected chi connectivity index (χ3v) is 4.74. The Morgan fingerprint density at radius 2 is 1.94 bits per heavy atom. The molecule has 2 fully saturated rings. The van der Waals surface area contributed by atoms with E-state index in [1.807, 2.05) is 0 Å². The molecule has 1 saturated carbocycles. The average molecular weight is 253 g/mol. The second-order valence-electron chi connectivity index (χ2n) is 6.51. The molecular weight excluding hydrogens is 226 g/mol. The van der Waals surface area contributed by atoms with Crippen molar-refractivity contribution in [2.45, 2.75) is 70.9 Å². The summed E-state index contributed by atoms with van der Waals surface area (Å²) in [5, 5.41) is 13.3. The predicted octanol–water partition coefficient (Wildman–Crippen LogP) is 2.48. The molecule has 104 valence electrons. The third kappa shape index (κ3) is 3.25. The zero-order chi connectivity index (χ0) is 13.1. The van der Waals surface area contributed by atoms with Crippen molar-refractivity contribution in [3.8, 4) is 0 Å². The fraction of sp³-hybridized carbons (Fsp3) is 0.933. The maximum Gasteiger partial charge on any atom is 0.223 e. The zero-order valence-electron chi connectivity index (χ0n) is 11.7. The van der Waals surface area contributed by atoms with Crippen LogP contribution in [0.25, 0.3) is 0 Å². The van der Waals surface area contributed by atoms with Gasteiger partial charge in [-0.3, -0.25) is 4.79 Å². The molecule has 2 aliphatic rings. The van der Waals surface area contributed by atoms with Gasteiger partial charge in [0.1, 0.15) is 0 Å². The minimum Gasteiger partial charge on any atom is -0.391 e. The van der Waals surface area contributed by atoms with E-state index >= 15 is 0 Å². The monoisotopic (exact) mass is 253 g/mol. The van der Waals surface area contributed by atoms with Gasteiger partial charge in [0.2, 0.25) is 5.91 Å². The Hall–Kier alpha value is -0.570. The Bertz CT molecular complexity index is 284. The molecule has 2 N–H and O–H groups in total. The molecule has 0 aromatic carbocycles. The largest absolute Gasteiger partial charge is 0.391 e. The molecule has 2 rings (SSSR count). The van der Waals surface area contributed by atoms with Gasteiger partial charge in [0.15, 0.2) is 0 Å². The van der Waals surface area contributed by atoms with E-state index in [4.69, 9.17) is 0 Å². The van der Waals surface area contributed by atoms with Gasteiger partial charge in [-0.05, 0) is 24.7 Å². The molecule has 0 radical (unpaired) electrons. The molecule has 0 aromatic rings.